The van der Waals surface area contributed by atoms with Crippen LogP contribution in [-0.4, -0.2) is 76.4 Å². The molecule has 8 nitrogen and oxygen atoms in total. The van der Waals surface area contributed by atoms with Gasteiger partial charge in [0.15, 0.2) is 19.7 Å². The molecule has 1 aliphatic carbocycles. The summed E-state index contributed by atoms with van der Waals surface area (Å²) >= 11 is 0. The number of likely N-dealkylation sites (tertiary alicyclic amines) is 1. The van der Waals surface area contributed by atoms with E-state index in [4.69, 9.17) is 4.74 Å². The Kier molecular flexibility index (Phi) is 6.84. The van der Waals surface area contributed by atoms with Crippen LogP contribution in [0.4, 0.5) is 4.79 Å². The normalized spacial score (nSPS) is 26.0. The first-order chi connectivity index (χ1) is 15.2. The third kappa shape index (κ3) is 4.97. The van der Waals surface area contributed by atoms with Crippen molar-refractivity contribution >= 4 is 25.8 Å². The summed E-state index contributed by atoms with van der Waals surface area (Å²) in [6.45, 7) is 3.07. The summed E-state index contributed by atoms with van der Waals surface area (Å²) in [5.74, 6) is -0.536. The zero-order valence-corrected chi connectivity index (χ0v) is 20.1. The minimum atomic E-state index is -3.80. The van der Waals surface area contributed by atoms with Crippen molar-refractivity contribution in [3.05, 3.63) is 29.3 Å². The number of carbonyl (C=O) groups excluding carboxylic acids is 1. The highest BCUT2D eigenvalue weighted by molar-refractivity contribution is 7.96. The molecule has 1 amide bonds. The van der Waals surface area contributed by atoms with Gasteiger partial charge in [-0.25, -0.2) is 21.6 Å². The fourth-order valence-corrected chi connectivity index (χ4v) is 9.81. The molecule has 2 heterocycles. The van der Waals surface area contributed by atoms with Crippen LogP contribution < -0.4 is 5.32 Å². The van der Waals surface area contributed by atoms with E-state index >= 15 is 0 Å². The average Bonchev–Trinajstić information content (AvgIpc) is 3.08. The molecule has 1 N–H and O–H groups in total. The van der Waals surface area contributed by atoms with Gasteiger partial charge < -0.3 is 15.0 Å². The first-order valence-electron chi connectivity index (χ1n) is 11.4. The number of carbonyl (C=O) groups is 1. The molecule has 178 valence electrons. The highest BCUT2D eigenvalue weighted by Crippen LogP contribution is 2.30. The summed E-state index contributed by atoms with van der Waals surface area (Å²) < 4.78 is 56.9. The number of rotatable bonds is 5. The Morgan fingerprint density at radius 1 is 1.12 bits per heavy atom. The Labute approximate surface area is 190 Å². The van der Waals surface area contributed by atoms with Crippen molar-refractivity contribution in [2.75, 3.05) is 31.2 Å². The number of piperidine rings is 1. The Balaban J connectivity index is 1.49. The minimum Gasteiger partial charge on any atom is -0.450 e. The van der Waals surface area contributed by atoms with Crippen LogP contribution in [-0.2, 0) is 37.3 Å². The summed E-state index contributed by atoms with van der Waals surface area (Å²) in [6.07, 6.45) is 4.89. The Morgan fingerprint density at radius 3 is 2.50 bits per heavy atom. The molecule has 1 aromatic rings. The zero-order valence-electron chi connectivity index (χ0n) is 18.5. The summed E-state index contributed by atoms with van der Waals surface area (Å²) in [4.78, 5) is 13.8. The van der Waals surface area contributed by atoms with Crippen molar-refractivity contribution in [1.29, 1.82) is 0 Å². The van der Waals surface area contributed by atoms with Crippen LogP contribution in [0.5, 0.6) is 0 Å². The third-order valence-electron chi connectivity index (χ3n) is 6.82. The number of aryl methyl sites for hydroxylation is 2. The maximum atomic E-state index is 13.5. The van der Waals surface area contributed by atoms with E-state index in [-0.39, 0.29) is 28.5 Å². The predicted octanol–water partition coefficient (Wildman–Crippen LogP) is 1.72. The van der Waals surface area contributed by atoms with E-state index in [1.165, 1.54) is 5.56 Å². The van der Waals surface area contributed by atoms with Gasteiger partial charge in [-0.2, -0.15) is 0 Å². The molecule has 1 aromatic carbocycles. The molecule has 2 fully saturated rings. The number of nitrogens with zero attached hydrogens (tertiary/aromatic N) is 1. The van der Waals surface area contributed by atoms with Crippen molar-refractivity contribution < 1.29 is 26.4 Å². The molecule has 2 atom stereocenters. The molecule has 0 spiro atoms. The van der Waals surface area contributed by atoms with Crippen LogP contribution in [0.1, 0.15) is 43.7 Å². The number of nitrogens with one attached hydrogen (secondary N) is 1. The van der Waals surface area contributed by atoms with E-state index < -0.39 is 31.0 Å². The maximum Gasteiger partial charge on any atom is 0.409 e. The van der Waals surface area contributed by atoms with Gasteiger partial charge >= 0.3 is 6.09 Å². The molecule has 0 saturated carbocycles. The van der Waals surface area contributed by atoms with Crippen LogP contribution in [0.3, 0.4) is 0 Å². The van der Waals surface area contributed by atoms with Crippen LogP contribution in [0.15, 0.2) is 23.1 Å². The summed E-state index contributed by atoms with van der Waals surface area (Å²) in [6, 6.07) is 4.59. The van der Waals surface area contributed by atoms with Gasteiger partial charge in [-0.05, 0) is 68.7 Å². The van der Waals surface area contributed by atoms with Gasteiger partial charge in [0.2, 0.25) is 0 Å². The number of sulfone groups is 2. The lowest BCUT2D eigenvalue weighted by molar-refractivity contribution is 0.0945. The second kappa shape index (κ2) is 9.30. The smallest absolute Gasteiger partial charge is 0.409 e. The Hall–Kier alpha value is -1.65. The van der Waals surface area contributed by atoms with Crippen LogP contribution >= 0.6 is 0 Å². The van der Waals surface area contributed by atoms with Crippen LogP contribution in [0.25, 0.3) is 0 Å². The SMILES string of the molecule is CCOC(=O)N1CCC(N[C@H]2CS(=O)(=O)C[C@@H]2S(=O)(=O)c2ccc3c(c2)CCCC3)CC1. The lowest BCUT2D eigenvalue weighted by Gasteiger charge is -2.34. The molecule has 0 unspecified atom stereocenters. The molecule has 2 aliphatic heterocycles. The maximum absolute atomic E-state index is 13.5. The number of benzene rings is 1. The molecule has 10 heteroatoms. The average molecular weight is 485 g/mol. The van der Waals surface area contributed by atoms with Gasteiger partial charge in [0.05, 0.1) is 28.3 Å². The van der Waals surface area contributed by atoms with Gasteiger partial charge in [0.1, 0.15) is 0 Å². The Morgan fingerprint density at radius 2 is 1.81 bits per heavy atom. The molecule has 0 bridgehead atoms. The van der Waals surface area contributed by atoms with Crippen molar-refractivity contribution in [3.8, 4) is 0 Å². The van der Waals surface area contributed by atoms with Gasteiger partial charge in [-0.15, -0.1) is 0 Å². The number of hydrogen-bond acceptors (Lipinski definition) is 7. The van der Waals surface area contributed by atoms with E-state index in [9.17, 15) is 21.6 Å². The van der Waals surface area contributed by atoms with Crippen molar-refractivity contribution in [1.82, 2.24) is 10.2 Å². The lowest BCUT2D eigenvalue weighted by atomic mass is 9.92. The van der Waals surface area contributed by atoms with Gasteiger partial charge in [0, 0.05) is 25.2 Å². The number of ether oxygens (including phenoxy) is 1. The summed E-state index contributed by atoms with van der Waals surface area (Å²) in [5.41, 5.74) is 2.26. The number of fused-ring (bicyclic) bond motifs is 1. The van der Waals surface area contributed by atoms with Crippen molar-refractivity contribution in [2.24, 2.45) is 0 Å². The highest BCUT2D eigenvalue weighted by Gasteiger charge is 2.46. The lowest BCUT2D eigenvalue weighted by Crippen LogP contribution is -2.52. The fraction of sp³-hybridized carbons (Fsp3) is 0.682. The Bertz CT molecular complexity index is 1060. The predicted molar refractivity (Wildman–Crippen MR) is 121 cm³/mol. The second-order valence-corrected chi connectivity index (χ2v) is 13.4. The molecule has 0 radical (unpaired) electrons. The van der Waals surface area contributed by atoms with Crippen LogP contribution in [0, 0.1) is 0 Å². The second-order valence-electron chi connectivity index (χ2n) is 9.03. The molecule has 0 aromatic heterocycles. The molecule has 3 aliphatic rings. The van der Waals surface area contributed by atoms with E-state index in [1.54, 1.807) is 24.0 Å². The third-order valence-corrected chi connectivity index (χ3v) is 11.0. The van der Waals surface area contributed by atoms with E-state index in [0.29, 0.717) is 32.5 Å². The van der Waals surface area contributed by atoms with Gasteiger partial charge in [0.25, 0.3) is 0 Å². The molecule has 32 heavy (non-hydrogen) atoms. The molecule has 4 rings (SSSR count). The monoisotopic (exact) mass is 484 g/mol. The van der Waals surface area contributed by atoms with Crippen molar-refractivity contribution in [3.63, 3.8) is 0 Å². The topological polar surface area (TPSA) is 110 Å². The van der Waals surface area contributed by atoms with Gasteiger partial charge in [-0.1, -0.05) is 6.07 Å². The van der Waals surface area contributed by atoms with Crippen molar-refractivity contribution in [2.45, 2.75) is 67.7 Å². The minimum absolute atomic E-state index is 0.0415. The van der Waals surface area contributed by atoms with E-state index in [2.05, 4.69) is 5.32 Å². The molecule has 2 saturated heterocycles. The quantitative estimate of drug-likeness (QED) is 0.678. The first-order valence-corrected chi connectivity index (χ1v) is 14.8. The standard InChI is InChI=1S/C22H32N2O6S2/c1-2-30-22(25)24-11-9-18(10-12-24)23-20-14-31(26,27)15-21(20)32(28,29)19-8-7-16-5-3-4-6-17(16)13-19/h7-8,13,18,20-21,23H,2-6,9-12,14-15H2,1H3/t20-,21-/m0/s1. The molecular formula is C22H32N2O6S2. The molecular weight excluding hydrogens is 452 g/mol. The fourth-order valence-electron chi connectivity index (χ4n) is 5.08. The highest BCUT2D eigenvalue weighted by atomic mass is 32.2. The zero-order chi connectivity index (χ0) is 22.9. The van der Waals surface area contributed by atoms with Crippen LogP contribution in [0.2, 0.25) is 0 Å². The van der Waals surface area contributed by atoms with E-state index in [1.807, 2.05) is 6.07 Å². The summed E-state index contributed by atoms with van der Waals surface area (Å²) in [5, 5.41) is 2.31. The van der Waals surface area contributed by atoms with E-state index in [0.717, 1.165) is 31.2 Å². The summed E-state index contributed by atoms with van der Waals surface area (Å²) in [7, 11) is -7.26. The number of hydrogen-bond donors (Lipinski definition) is 1. The number of amides is 1. The largest absolute Gasteiger partial charge is 0.450 e. The van der Waals surface area contributed by atoms with Gasteiger partial charge in [-0.3, -0.25) is 0 Å². The first kappa shape index (κ1) is 23.5.